The Bertz CT molecular complexity index is 1330. The third-order valence-corrected chi connectivity index (χ3v) is 6.59. The number of nitrogens with zero attached hydrogens (tertiary/aromatic N) is 3. The molecule has 39 heavy (non-hydrogen) atoms. The van der Waals surface area contributed by atoms with Crippen molar-refractivity contribution in [1.82, 2.24) is 15.1 Å². The van der Waals surface area contributed by atoms with Crippen LogP contribution in [0.4, 0.5) is 23.7 Å². The van der Waals surface area contributed by atoms with Gasteiger partial charge >= 0.3 is 12.5 Å². The number of piperazine rings is 1. The monoisotopic (exact) mass is 538 g/mol. The lowest BCUT2D eigenvalue weighted by atomic mass is 10.0. The maximum atomic E-state index is 15.2. The van der Waals surface area contributed by atoms with Crippen LogP contribution in [0.1, 0.15) is 15.9 Å². The van der Waals surface area contributed by atoms with Crippen molar-refractivity contribution >= 4 is 23.4 Å². The summed E-state index contributed by atoms with van der Waals surface area (Å²) in [4.78, 5) is 42.4. The van der Waals surface area contributed by atoms with Gasteiger partial charge < -0.3 is 15.1 Å². The van der Waals surface area contributed by atoms with Gasteiger partial charge in [0.15, 0.2) is 5.78 Å². The summed E-state index contributed by atoms with van der Waals surface area (Å²) >= 11 is 0. The Labute approximate surface area is 224 Å². The molecule has 1 aliphatic heterocycles. The molecule has 1 heterocycles. The fraction of sp³-hybridized carbons (Fsp3) is 0.276. The van der Waals surface area contributed by atoms with Gasteiger partial charge in [-0.3, -0.25) is 14.5 Å². The van der Waals surface area contributed by atoms with Gasteiger partial charge in [0.2, 0.25) is 0 Å². The first-order valence-corrected chi connectivity index (χ1v) is 12.5. The van der Waals surface area contributed by atoms with Crippen molar-refractivity contribution in [2.24, 2.45) is 0 Å². The second kappa shape index (κ2) is 12.6. The van der Waals surface area contributed by atoms with E-state index in [1.165, 1.54) is 17.0 Å². The first-order chi connectivity index (χ1) is 18.7. The molecular formula is C29H29F3N4O3. The van der Waals surface area contributed by atoms with Crippen molar-refractivity contribution < 1.29 is 27.6 Å². The molecule has 1 saturated heterocycles. The van der Waals surface area contributed by atoms with Gasteiger partial charge in [0.05, 0.1) is 13.1 Å². The van der Waals surface area contributed by atoms with Crippen molar-refractivity contribution in [2.45, 2.75) is 13.0 Å². The summed E-state index contributed by atoms with van der Waals surface area (Å²) in [6.45, 7) is 1.73. The number of carbonyl (C=O) groups is 3. The third-order valence-electron chi connectivity index (χ3n) is 6.59. The highest BCUT2D eigenvalue weighted by molar-refractivity contribution is 5.99. The first-order valence-electron chi connectivity index (χ1n) is 12.5. The molecule has 0 spiro atoms. The van der Waals surface area contributed by atoms with Gasteiger partial charge in [-0.2, -0.15) is 8.78 Å². The first kappa shape index (κ1) is 27.8. The van der Waals surface area contributed by atoms with Gasteiger partial charge in [-0.05, 0) is 36.4 Å². The molecule has 4 rings (SSSR count). The van der Waals surface area contributed by atoms with Crippen molar-refractivity contribution in [3.8, 4) is 11.1 Å². The largest absolute Gasteiger partial charge is 0.344 e. The number of benzene rings is 3. The number of carbonyl (C=O) groups excluding carboxylic acids is 3. The lowest BCUT2D eigenvalue weighted by Crippen LogP contribution is -2.52. The molecule has 0 saturated carbocycles. The Morgan fingerprint density at radius 2 is 1.59 bits per heavy atom. The number of alkyl halides is 2. The van der Waals surface area contributed by atoms with Crippen molar-refractivity contribution in [2.75, 3.05) is 44.7 Å². The number of anilines is 1. The number of halogens is 3. The fourth-order valence-electron chi connectivity index (χ4n) is 4.29. The van der Waals surface area contributed by atoms with E-state index < -0.39 is 30.5 Å². The Balaban J connectivity index is 1.60. The Kier molecular flexibility index (Phi) is 8.98. The van der Waals surface area contributed by atoms with Gasteiger partial charge in [0, 0.05) is 43.0 Å². The van der Waals surface area contributed by atoms with Crippen LogP contribution in [0.3, 0.4) is 0 Å². The summed E-state index contributed by atoms with van der Waals surface area (Å²) in [6.07, 6.45) is -3.25. The summed E-state index contributed by atoms with van der Waals surface area (Å²) in [5, 5.41) is 1.82. The number of ketones is 1. The SMILES string of the molecule is CN1CCN(C(=O)N(Cc2ccc(C(=O)CNC(=O)C(F)F)cc2F)c2cccc(-c3ccccc3)c2)CC1. The molecule has 10 heteroatoms. The van der Waals surface area contributed by atoms with Gasteiger partial charge in [-0.1, -0.05) is 54.6 Å². The molecule has 1 fully saturated rings. The van der Waals surface area contributed by atoms with Crippen LogP contribution in [0.25, 0.3) is 11.1 Å². The smallest absolute Gasteiger partial charge is 0.324 e. The van der Waals surface area contributed by atoms with E-state index in [2.05, 4.69) is 4.90 Å². The van der Waals surface area contributed by atoms with Crippen LogP contribution in [-0.4, -0.2) is 73.7 Å². The van der Waals surface area contributed by atoms with E-state index >= 15 is 4.39 Å². The van der Waals surface area contributed by atoms with E-state index in [1.807, 2.05) is 60.9 Å². The van der Waals surface area contributed by atoms with Crippen LogP contribution in [0.5, 0.6) is 0 Å². The van der Waals surface area contributed by atoms with Gasteiger partial charge in [-0.15, -0.1) is 0 Å². The van der Waals surface area contributed by atoms with Gasteiger partial charge in [-0.25, -0.2) is 9.18 Å². The second-order valence-electron chi connectivity index (χ2n) is 9.32. The average Bonchev–Trinajstić information content (AvgIpc) is 2.95. The predicted octanol–water partition coefficient (Wildman–Crippen LogP) is 4.43. The number of likely N-dealkylation sites (N-methyl/N-ethyl adjacent to an activating group) is 1. The zero-order valence-corrected chi connectivity index (χ0v) is 21.4. The molecule has 7 nitrogen and oxygen atoms in total. The summed E-state index contributed by atoms with van der Waals surface area (Å²) < 4.78 is 40.0. The predicted molar refractivity (Wildman–Crippen MR) is 142 cm³/mol. The molecule has 3 aromatic carbocycles. The van der Waals surface area contributed by atoms with Crippen molar-refractivity contribution in [1.29, 1.82) is 0 Å². The summed E-state index contributed by atoms with van der Waals surface area (Å²) in [6, 6.07) is 20.6. The maximum Gasteiger partial charge on any atom is 0.324 e. The normalized spacial score (nSPS) is 13.8. The molecule has 204 valence electrons. The topological polar surface area (TPSA) is 73.0 Å². The molecule has 1 N–H and O–H groups in total. The Morgan fingerprint density at radius 1 is 0.897 bits per heavy atom. The Morgan fingerprint density at radius 3 is 2.26 bits per heavy atom. The van der Waals surface area contributed by atoms with E-state index in [9.17, 15) is 23.2 Å². The van der Waals surface area contributed by atoms with Crippen molar-refractivity contribution in [3.63, 3.8) is 0 Å². The number of nitrogens with one attached hydrogen (secondary N) is 1. The molecule has 3 amide bonds. The van der Waals surface area contributed by atoms with Gasteiger partial charge in [0.25, 0.3) is 5.91 Å². The lowest BCUT2D eigenvalue weighted by molar-refractivity contribution is -0.131. The summed E-state index contributed by atoms with van der Waals surface area (Å²) in [7, 11) is 1.99. The molecule has 0 aliphatic carbocycles. The highest BCUT2D eigenvalue weighted by atomic mass is 19.3. The Hall–Kier alpha value is -4.18. The highest BCUT2D eigenvalue weighted by Gasteiger charge is 2.27. The minimum Gasteiger partial charge on any atom is -0.344 e. The van der Waals surface area contributed by atoms with Crippen molar-refractivity contribution in [3.05, 3.63) is 89.7 Å². The van der Waals surface area contributed by atoms with Crippen LogP contribution in [0.15, 0.2) is 72.8 Å². The van der Waals surface area contributed by atoms with Crippen LogP contribution < -0.4 is 10.2 Å². The molecule has 0 radical (unpaired) electrons. The third kappa shape index (κ3) is 7.02. The maximum absolute atomic E-state index is 15.2. The molecule has 0 unspecified atom stereocenters. The highest BCUT2D eigenvalue weighted by Crippen LogP contribution is 2.27. The van der Waals surface area contributed by atoms with Crippen LogP contribution in [-0.2, 0) is 11.3 Å². The van der Waals surface area contributed by atoms with E-state index in [-0.39, 0.29) is 23.7 Å². The lowest BCUT2D eigenvalue weighted by Gasteiger charge is -2.36. The molecule has 1 aliphatic rings. The summed E-state index contributed by atoms with van der Waals surface area (Å²) in [5.74, 6) is -3.01. The van der Waals surface area contributed by atoms with Crippen LogP contribution in [0.2, 0.25) is 0 Å². The number of Topliss-reactive ketones (excluding diaryl/α,β-unsaturated/α-hetero) is 1. The standard InChI is InChI=1S/C29H29F3N4O3/c1-34-12-14-35(15-13-34)29(39)36(24-9-5-8-21(16-24)20-6-3-2-4-7-20)19-23-11-10-22(17-25(23)30)26(37)18-33-28(38)27(31)32/h2-11,16-17,27H,12-15,18-19H2,1H3,(H,33,38). The molecule has 0 bridgehead atoms. The molecule has 3 aromatic rings. The minimum absolute atomic E-state index is 0.0752. The molecule has 0 aromatic heterocycles. The number of rotatable bonds is 8. The number of amides is 3. The zero-order valence-electron chi connectivity index (χ0n) is 21.4. The van der Waals surface area contributed by atoms with E-state index in [0.29, 0.717) is 18.8 Å². The minimum atomic E-state index is -3.25. The fourth-order valence-corrected chi connectivity index (χ4v) is 4.29. The average molecular weight is 539 g/mol. The number of hydrogen-bond donors (Lipinski definition) is 1. The summed E-state index contributed by atoms with van der Waals surface area (Å²) in [5.41, 5.74) is 2.56. The molecular weight excluding hydrogens is 509 g/mol. The zero-order chi connectivity index (χ0) is 27.9. The molecule has 0 atom stereocenters. The van der Waals surface area contributed by atoms with E-state index in [4.69, 9.17) is 0 Å². The van der Waals surface area contributed by atoms with E-state index in [0.717, 1.165) is 30.3 Å². The number of hydrogen-bond acceptors (Lipinski definition) is 4. The van der Waals surface area contributed by atoms with Gasteiger partial charge in [0.1, 0.15) is 5.82 Å². The second-order valence-corrected chi connectivity index (χ2v) is 9.32. The van der Waals surface area contributed by atoms with E-state index in [1.54, 1.807) is 11.0 Å². The number of urea groups is 1. The van der Waals surface area contributed by atoms with Crippen LogP contribution in [0, 0.1) is 5.82 Å². The quantitative estimate of drug-likeness (QED) is 0.431. The van der Waals surface area contributed by atoms with Crippen LogP contribution >= 0.6 is 0 Å².